The maximum Gasteiger partial charge on any atom is 0.402 e. The number of carboxylic acids is 1. The first-order valence-corrected chi connectivity index (χ1v) is 5.34. The molecule has 6 heteroatoms. The van der Waals surface area contributed by atoms with Crippen molar-refractivity contribution in [1.82, 2.24) is 4.90 Å². The van der Waals surface area contributed by atoms with Gasteiger partial charge in [-0.25, -0.2) is 0 Å². The fraction of sp³-hybridized carbons (Fsp3) is 0.900. The first kappa shape index (κ1) is 15.2. The molecular weight excluding hydrogens is 223 g/mol. The van der Waals surface area contributed by atoms with Gasteiger partial charge in [0.2, 0.25) is 0 Å². The van der Waals surface area contributed by atoms with E-state index in [1.54, 1.807) is 0 Å². The monoisotopic (exact) mass is 241 g/mol. The molecule has 0 aliphatic heterocycles. The van der Waals surface area contributed by atoms with Crippen LogP contribution in [0.15, 0.2) is 0 Å². The average Bonchev–Trinajstić information content (AvgIpc) is 2.15. The van der Waals surface area contributed by atoms with Crippen molar-refractivity contribution in [3.05, 3.63) is 0 Å². The summed E-state index contributed by atoms with van der Waals surface area (Å²) >= 11 is 0. The molecule has 96 valence electrons. The first-order chi connectivity index (χ1) is 7.32. The molecule has 0 heterocycles. The molecule has 0 aromatic carbocycles. The number of aliphatic carboxylic acids is 1. The van der Waals surface area contributed by atoms with E-state index >= 15 is 0 Å². The molecule has 0 aliphatic carbocycles. The zero-order valence-electron chi connectivity index (χ0n) is 9.55. The highest BCUT2D eigenvalue weighted by atomic mass is 19.4. The van der Waals surface area contributed by atoms with Gasteiger partial charge in [-0.05, 0) is 32.5 Å². The predicted octanol–water partition coefficient (Wildman–Crippen LogP) is 2.37. The molecule has 0 amide bonds. The van der Waals surface area contributed by atoms with Crippen LogP contribution in [0, 0.1) is 5.92 Å². The summed E-state index contributed by atoms with van der Waals surface area (Å²) in [6, 6.07) is 0. The summed E-state index contributed by atoms with van der Waals surface area (Å²) in [4.78, 5) is 12.4. The maximum atomic E-state index is 12.3. The first-order valence-electron chi connectivity index (χ1n) is 5.34. The fourth-order valence-corrected chi connectivity index (χ4v) is 1.49. The average molecular weight is 241 g/mol. The second kappa shape index (κ2) is 6.73. The third kappa shape index (κ3) is 5.34. The molecule has 1 unspecified atom stereocenters. The summed E-state index contributed by atoms with van der Waals surface area (Å²) in [5.41, 5.74) is 0. The number of rotatable bonds is 7. The number of carboxylic acid groups (broad SMARTS) is 1. The van der Waals surface area contributed by atoms with Gasteiger partial charge in [0.1, 0.15) is 0 Å². The highest BCUT2D eigenvalue weighted by molar-refractivity contribution is 5.70. The van der Waals surface area contributed by atoms with Crippen molar-refractivity contribution in [2.24, 2.45) is 5.92 Å². The van der Waals surface area contributed by atoms with Gasteiger partial charge >= 0.3 is 12.1 Å². The van der Waals surface area contributed by atoms with Gasteiger partial charge in [0, 0.05) is 0 Å². The molecule has 0 spiro atoms. The Hall–Kier alpha value is -0.780. The lowest BCUT2D eigenvalue weighted by Gasteiger charge is -2.20. The van der Waals surface area contributed by atoms with Crippen LogP contribution in [0.25, 0.3) is 0 Å². The van der Waals surface area contributed by atoms with Gasteiger partial charge in [-0.15, -0.1) is 0 Å². The minimum atomic E-state index is -4.64. The van der Waals surface area contributed by atoms with Crippen LogP contribution < -0.4 is 0 Å². The molecule has 0 rings (SSSR count). The van der Waals surface area contributed by atoms with E-state index in [1.807, 2.05) is 18.7 Å². The van der Waals surface area contributed by atoms with Crippen molar-refractivity contribution < 1.29 is 23.1 Å². The molecule has 0 saturated heterocycles. The smallest absolute Gasteiger partial charge is 0.402 e. The second-order valence-electron chi connectivity index (χ2n) is 3.60. The lowest BCUT2D eigenvalue weighted by atomic mass is 10.0. The SMILES string of the molecule is CCN(CC)CCCC(C(=O)O)C(F)(F)F. The molecule has 3 nitrogen and oxygen atoms in total. The standard InChI is InChI=1S/C10H18F3NO2/c1-3-14(4-2)7-5-6-8(9(15)16)10(11,12)13/h8H,3-7H2,1-2H3,(H,15,16). The Bertz CT molecular complexity index is 215. The van der Waals surface area contributed by atoms with Crippen molar-refractivity contribution in [2.45, 2.75) is 32.9 Å². The summed E-state index contributed by atoms with van der Waals surface area (Å²) in [6.07, 6.45) is -4.75. The van der Waals surface area contributed by atoms with Crippen LogP contribution in [0.5, 0.6) is 0 Å². The number of hydrogen-bond donors (Lipinski definition) is 1. The zero-order valence-corrected chi connectivity index (χ0v) is 9.55. The Morgan fingerprint density at radius 2 is 1.81 bits per heavy atom. The van der Waals surface area contributed by atoms with Gasteiger partial charge in [-0.1, -0.05) is 13.8 Å². The Morgan fingerprint density at radius 1 is 1.31 bits per heavy atom. The topological polar surface area (TPSA) is 40.5 Å². The van der Waals surface area contributed by atoms with Crippen LogP contribution in [0.4, 0.5) is 13.2 Å². The van der Waals surface area contributed by atoms with E-state index in [0.29, 0.717) is 6.54 Å². The summed E-state index contributed by atoms with van der Waals surface area (Å²) < 4.78 is 36.8. The number of hydrogen-bond acceptors (Lipinski definition) is 2. The van der Waals surface area contributed by atoms with Gasteiger partial charge in [0.05, 0.1) is 0 Å². The molecule has 0 aromatic rings. The number of carbonyl (C=O) groups is 1. The third-order valence-electron chi connectivity index (χ3n) is 2.55. The van der Waals surface area contributed by atoms with Crippen molar-refractivity contribution in [2.75, 3.05) is 19.6 Å². The number of alkyl halides is 3. The molecule has 0 fully saturated rings. The summed E-state index contributed by atoms with van der Waals surface area (Å²) in [7, 11) is 0. The van der Waals surface area contributed by atoms with Crippen LogP contribution >= 0.6 is 0 Å². The van der Waals surface area contributed by atoms with Gasteiger partial charge in [-0.2, -0.15) is 13.2 Å². The van der Waals surface area contributed by atoms with Gasteiger partial charge in [0.15, 0.2) is 5.92 Å². The molecule has 0 saturated carbocycles. The van der Waals surface area contributed by atoms with E-state index in [1.165, 1.54) is 0 Å². The molecular formula is C10H18F3NO2. The quantitative estimate of drug-likeness (QED) is 0.744. The van der Waals surface area contributed by atoms with E-state index in [9.17, 15) is 18.0 Å². The lowest BCUT2D eigenvalue weighted by Crippen LogP contribution is -2.32. The Labute approximate surface area is 93.2 Å². The Morgan fingerprint density at radius 3 is 2.12 bits per heavy atom. The minimum absolute atomic E-state index is 0.248. The van der Waals surface area contributed by atoms with Crippen LogP contribution in [0.1, 0.15) is 26.7 Å². The Balaban J connectivity index is 4.09. The van der Waals surface area contributed by atoms with Crippen molar-refractivity contribution >= 4 is 5.97 Å². The van der Waals surface area contributed by atoms with Crippen molar-refractivity contribution in [3.63, 3.8) is 0 Å². The maximum absolute atomic E-state index is 12.3. The third-order valence-corrected chi connectivity index (χ3v) is 2.55. The summed E-state index contributed by atoms with van der Waals surface area (Å²) in [5, 5.41) is 8.45. The predicted molar refractivity (Wildman–Crippen MR) is 54.2 cm³/mol. The lowest BCUT2D eigenvalue weighted by molar-refractivity contribution is -0.194. The summed E-state index contributed by atoms with van der Waals surface area (Å²) in [6.45, 7) is 5.87. The van der Waals surface area contributed by atoms with Crippen LogP contribution in [0.3, 0.4) is 0 Å². The number of nitrogens with zero attached hydrogens (tertiary/aromatic N) is 1. The normalized spacial score (nSPS) is 14.1. The highest BCUT2D eigenvalue weighted by Crippen LogP contribution is 2.29. The van der Waals surface area contributed by atoms with Crippen molar-refractivity contribution in [1.29, 1.82) is 0 Å². The van der Waals surface area contributed by atoms with Crippen LogP contribution in [-0.4, -0.2) is 41.8 Å². The molecule has 16 heavy (non-hydrogen) atoms. The van der Waals surface area contributed by atoms with Crippen LogP contribution in [0.2, 0.25) is 0 Å². The van der Waals surface area contributed by atoms with E-state index < -0.39 is 18.1 Å². The molecule has 0 aromatic heterocycles. The highest BCUT2D eigenvalue weighted by Gasteiger charge is 2.44. The van der Waals surface area contributed by atoms with Gasteiger partial charge < -0.3 is 10.0 Å². The molecule has 0 bridgehead atoms. The Kier molecular flexibility index (Phi) is 6.40. The fourth-order valence-electron chi connectivity index (χ4n) is 1.49. The van der Waals surface area contributed by atoms with E-state index in [-0.39, 0.29) is 12.8 Å². The summed E-state index contributed by atoms with van der Waals surface area (Å²) in [5.74, 6) is -4.02. The van der Waals surface area contributed by atoms with Crippen LogP contribution in [-0.2, 0) is 4.79 Å². The molecule has 0 radical (unpaired) electrons. The van der Waals surface area contributed by atoms with E-state index in [2.05, 4.69) is 0 Å². The van der Waals surface area contributed by atoms with Gasteiger partial charge in [-0.3, -0.25) is 4.79 Å². The molecule has 1 atom stereocenters. The van der Waals surface area contributed by atoms with E-state index in [4.69, 9.17) is 5.11 Å². The number of halogens is 3. The zero-order chi connectivity index (χ0) is 12.8. The minimum Gasteiger partial charge on any atom is -0.481 e. The van der Waals surface area contributed by atoms with Crippen molar-refractivity contribution in [3.8, 4) is 0 Å². The van der Waals surface area contributed by atoms with E-state index in [0.717, 1.165) is 13.1 Å². The molecule has 0 aliphatic rings. The second-order valence-corrected chi connectivity index (χ2v) is 3.60. The van der Waals surface area contributed by atoms with Gasteiger partial charge in [0.25, 0.3) is 0 Å². The molecule has 1 N–H and O–H groups in total. The largest absolute Gasteiger partial charge is 0.481 e.